The van der Waals surface area contributed by atoms with E-state index < -0.39 is 11.2 Å². The number of nitrogens with zero attached hydrogens (tertiary/aromatic N) is 4. The van der Waals surface area contributed by atoms with Crippen LogP contribution >= 0.6 is 0 Å². The van der Waals surface area contributed by atoms with Crippen LogP contribution in [0.3, 0.4) is 0 Å². The molecule has 0 spiro atoms. The molecule has 2 aliphatic rings. The number of likely N-dealkylation sites (tertiary alicyclic amines) is 1. The van der Waals surface area contributed by atoms with Crippen molar-refractivity contribution >= 4 is 5.82 Å². The second-order valence-corrected chi connectivity index (χ2v) is 7.31. The van der Waals surface area contributed by atoms with E-state index in [9.17, 15) is 14.9 Å². The molecule has 1 aliphatic carbocycles. The third-order valence-electron chi connectivity index (χ3n) is 5.66. The summed E-state index contributed by atoms with van der Waals surface area (Å²) in [6.07, 6.45) is 8.56. The molecule has 0 aromatic carbocycles. The second-order valence-electron chi connectivity index (χ2n) is 7.31. The van der Waals surface area contributed by atoms with E-state index in [1.807, 2.05) is 6.07 Å². The van der Waals surface area contributed by atoms with Gasteiger partial charge in [-0.25, -0.2) is 4.79 Å². The van der Waals surface area contributed by atoms with Crippen molar-refractivity contribution in [1.29, 1.82) is 5.26 Å². The second kappa shape index (κ2) is 7.44. The SMILES string of the molecule is Cn1c(NC2CCCN(C3CCCCC3)C2)c(C#N)c(=O)n(C)c1=O. The summed E-state index contributed by atoms with van der Waals surface area (Å²) < 4.78 is 2.36. The van der Waals surface area contributed by atoms with Crippen molar-refractivity contribution in [3.63, 3.8) is 0 Å². The van der Waals surface area contributed by atoms with E-state index >= 15 is 0 Å². The fraction of sp³-hybridized carbons (Fsp3) is 0.722. The molecule has 1 atom stereocenters. The van der Waals surface area contributed by atoms with Gasteiger partial charge in [0.25, 0.3) is 5.56 Å². The molecule has 1 aromatic rings. The van der Waals surface area contributed by atoms with Gasteiger partial charge in [-0.3, -0.25) is 18.8 Å². The third-order valence-corrected chi connectivity index (χ3v) is 5.66. The summed E-state index contributed by atoms with van der Waals surface area (Å²) in [5, 5.41) is 12.7. The van der Waals surface area contributed by atoms with Crippen LogP contribution in [0.2, 0.25) is 0 Å². The van der Waals surface area contributed by atoms with Gasteiger partial charge >= 0.3 is 5.69 Å². The largest absolute Gasteiger partial charge is 0.366 e. The molecule has 2 fully saturated rings. The average molecular weight is 345 g/mol. The molecular formula is C18H27N5O2. The molecule has 0 amide bonds. The highest BCUT2D eigenvalue weighted by atomic mass is 16.2. The smallest absolute Gasteiger partial charge is 0.332 e. The molecule has 3 rings (SSSR count). The van der Waals surface area contributed by atoms with Crippen LogP contribution < -0.4 is 16.6 Å². The summed E-state index contributed by atoms with van der Waals surface area (Å²) in [6, 6.07) is 2.77. The summed E-state index contributed by atoms with van der Waals surface area (Å²) in [7, 11) is 3.01. The van der Waals surface area contributed by atoms with Gasteiger partial charge in [-0.1, -0.05) is 19.3 Å². The van der Waals surface area contributed by atoms with Gasteiger partial charge in [0.2, 0.25) is 0 Å². The van der Waals surface area contributed by atoms with Crippen LogP contribution in [0.4, 0.5) is 5.82 Å². The number of nitrogens with one attached hydrogen (secondary N) is 1. The van der Waals surface area contributed by atoms with Crippen molar-refractivity contribution in [2.24, 2.45) is 14.1 Å². The zero-order valence-electron chi connectivity index (χ0n) is 15.1. The van der Waals surface area contributed by atoms with Gasteiger partial charge in [0.15, 0.2) is 5.56 Å². The fourth-order valence-corrected chi connectivity index (χ4v) is 4.21. The molecule has 0 bridgehead atoms. The molecule has 1 N–H and O–H groups in total. The Kier molecular flexibility index (Phi) is 5.28. The Morgan fingerprint density at radius 3 is 2.44 bits per heavy atom. The van der Waals surface area contributed by atoms with Crippen molar-refractivity contribution in [2.75, 3.05) is 18.4 Å². The molecule has 1 unspecified atom stereocenters. The Morgan fingerprint density at radius 2 is 1.76 bits per heavy atom. The fourth-order valence-electron chi connectivity index (χ4n) is 4.21. The molecule has 1 aromatic heterocycles. The van der Waals surface area contributed by atoms with E-state index in [2.05, 4.69) is 10.2 Å². The standard InChI is InChI=1S/C18H27N5O2/c1-21-16(15(11-19)17(24)22(2)18(21)25)20-13-7-6-10-23(12-13)14-8-4-3-5-9-14/h13-14,20H,3-10,12H2,1-2H3. The summed E-state index contributed by atoms with van der Waals surface area (Å²) in [5.74, 6) is 0.353. The van der Waals surface area contributed by atoms with Crippen LogP contribution in [0.5, 0.6) is 0 Å². The van der Waals surface area contributed by atoms with Crippen LogP contribution in [-0.2, 0) is 14.1 Å². The van der Waals surface area contributed by atoms with Crippen LogP contribution in [0.1, 0.15) is 50.5 Å². The number of hydrogen-bond donors (Lipinski definition) is 1. The maximum atomic E-state index is 12.2. The van der Waals surface area contributed by atoms with Gasteiger partial charge in [-0.05, 0) is 32.2 Å². The lowest BCUT2D eigenvalue weighted by atomic mass is 9.92. The number of piperidine rings is 1. The van der Waals surface area contributed by atoms with E-state index in [0.717, 1.165) is 30.5 Å². The molecule has 1 saturated heterocycles. The molecular weight excluding hydrogens is 318 g/mol. The first-order valence-corrected chi connectivity index (χ1v) is 9.23. The Balaban J connectivity index is 1.81. The first-order chi connectivity index (χ1) is 12.0. The average Bonchev–Trinajstić information content (AvgIpc) is 2.65. The predicted molar refractivity (Wildman–Crippen MR) is 96.7 cm³/mol. The van der Waals surface area contributed by atoms with E-state index in [1.165, 1.54) is 43.7 Å². The number of nitriles is 1. The van der Waals surface area contributed by atoms with Gasteiger partial charge in [0.1, 0.15) is 11.9 Å². The van der Waals surface area contributed by atoms with Gasteiger partial charge in [-0.15, -0.1) is 0 Å². The van der Waals surface area contributed by atoms with Gasteiger partial charge < -0.3 is 5.32 Å². The van der Waals surface area contributed by atoms with Crippen LogP contribution in [0, 0.1) is 11.3 Å². The lowest BCUT2D eigenvalue weighted by Gasteiger charge is -2.40. The van der Waals surface area contributed by atoms with E-state index in [4.69, 9.17) is 0 Å². The zero-order chi connectivity index (χ0) is 18.0. The maximum absolute atomic E-state index is 12.2. The maximum Gasteiger partial charge on any atom is 0.332 e. The monoisotopic (exact) mass is 345 g/mol. The van der Waals surface area contributed by atoms with Gasteiger partial charge in [0, 0.05) is 32.7 Å². The Labute approximate surface area is 147 Å². The summed E-state index contributed by atoms with van der Waals surface area (Å²) in [6.45, 7) is 2.02. The predicted octanol–water partition coefficient (Wildman–Crippen LogP) is 1.16. The van der Waals surface area contributed by atoms with Crippen molar-refractivity contribution in [3.05, 3.63) is 26.4 Å². The van der Waals surface area contributed by atoms with Crippen molar-refractivity contribution in [1.82, 2.24) is 14.0 Å². The highest BCUT2D eigenvalue weighted by Crippen LogP contribution is 2.26. The number of rotatable bonds is 3. The topological polar surface area (TPSA) is 83.1 Å². The molecule has 7 heteroatoms. The first-order valence-electron chi connectivity index (χ1n) is 9.23. The summed E-state index contributed by atoms with van der Waals surface area (Å²) >= 11 is 0. The van der Waals surface area contributed by atoms with Crippen LogP contribution in [0.15, 0.2) is 9.59 Å². The van der Waals surface area contributed by atoms with E-state index in [-0.39, 0.29) is 11.6 Å². The van der Waals surface area contributed by atoms with Gasteiger partial charge in [-0.2, -0.15) is 5.26 Å². The van der Waals surface area contributed by atoms with Crippen LogP contribution in [0.25, 0.3) is 0 Å². The molecule has 1 saturated carbocycles. The van der Waals surface area contributed by atoms with Crippen molar-refractivity contribution < 1.29 is 0 Å². The number of aromatic nitrogens is 2. The number of anilines is 1. The molecule has 2 heterocycles. The molecule has 7 nitrogen and oxygen atoms in total. The van der Waals surface area contributed by atoms with Gasteiger partial charge in [0.05, 0.1) is 0 Å². The Hall–Kier alpha value is -2.07. The van der Waals surface area contributed by atoms with Crippen molar-refractivity contribution in [2.45, 2.75) is 57.0 Å². The molecule has 136 valence electrons. The quantitative estimate of drug-likeness (QED) is 0.889. The summed E-state index contributed by atoms with van der Waals surface area (Å²) in [5.41, 5.74) is -0.932. The van der Waals surface area contributed by atoms with E-state index in [1.54, 1.807) is 7.05 Å². The zero-order valence-corrected chi connectivity index (χ0v) is 15.1. The highest BCUT2D eigenvalue weighted by molar-refractivity contribution is 5.51. The lowest BCUT2D eigenvalue weighted by molar-refractivity contribution is 0.124. The highest BCUT2D eigenvalue weighted by Gasteiger charge is 2.28. The summed E-state index contributed by atoms with van der Waals surface area (Å²) in [4.78, 5) is 27.0. The molecule has 25 heavy (non-hydrogen) atoms. The minimum Gasteiger partial charge on any atom is -0.366 e. The minimum absolute atomic E-state index is 0.0133. The Bertz CT molecular complexity index is 782. The number of hydrogen-bond acceptors (Lipinski definition) is 5. The van der Waals surface area contributed by atoms with Crippen molar-refractivity contribution in [3.8, 4) is 6.07 Å². The minimum atomic E-state index is -0.534. The molecule has 0 radical (unpaired) electrons. The Morgan fingerprint density at radius 1 is 1.04 bits per heavy atom. The third kappa shape index (κ3) is 3.49. The van der Waals surface area contributed by atoms with E-state index in [0.29, 0.717) is 11.9 Å². The lowest BCUT2D eigenvalue weighted by Crippen LogP contribution is -2.49. The normalized spacial score (nSPS) is 22.5. The van der Waals surface area contributed by atoms with Crippen LogP contribution in [-0.4, -0.2) is 39.2 Å². The molecule has 1 aliphatic heterocycles. The first kappa shape index (κ1) is 17.7.